The number of benzene rings is 1. The van der Waals surface area contributed by atoms with Crippen LogP contribution in [0.5, 0.6) is 0 Å². The Kier molecular flexibility index (Phi) is 3.48. The first-order valence-corrected chi connectivity index (χ1v) is 4.95. The second-order valence-corrected chi connectivity index (χ2v) is 4.46. The van der Waals surface area contributed by atoms with E-state index in [-0.39, 0.29) is 18.1 Å². The van der Waals surface area contributed by atoms with Crippen LogP contribution < -0.4 is 5.32 Å². The topological polar surface area (TPSA) is 49.3 Å². The molecule has 15 heavy (non-hydrogen) atoms. The zero-order valence-electron chi connectivity index (χ0n) is 9.37. The standard InChI is InChI=1S/C12H17NO2/c1-12(2,3)10-7-5-4-6-9(10)11(15)13-8-14/h4-7,14H,8H2,1-3H3,(H,13,15). The van der Waals surface area contributed by atoms with Gasteiger partial charge in [0.15, 0.2) is 0 Å². The van der Waals surface area contributed by atoms with E-state index < -0.39 is 0 Å². The molecule has 1 aromatic carbocycles. The maximum absolute atomic E-state index is 11.6. The van der Waals surface area contributed by atoms with Crippen molar-refractivity contribution in [2.45, 2.75) is 26.2 Å². The zero-order chi connectivity index (χ0) is 11.5. The van der Waals surface area contributed by atoms with Gasteiger partial charge in [0.25, 0.3) is 5.91 Å². The quantitative estimate of drug-likeness (QED) is 0.725. The van der Waals surface area contributed by atoms with E-state index in [4.69, 9.17) is 5.11 Å². The Balaban J connectivity index is 3.12. The average Bonchev–Trinajstić information content (AvgIpc) is 2.17. The number of carbonyl (C=O) groups is 1. The summed E-state index contributed by atoms with van der Waals surface area (Å²) in [5.74, 6) is -0.233. The van der Waals surface area contributed by atoms with Crippen LogP contribution in [0.4, 0.5) is 0 Å². The summed E-state index contributed by atoms with van der Waals surface area (Å²) in [4.78, 5) is 11.6. The molecule has 0 bridgehead atoms. The molecule has 3 nitrogen and oxygen atoms in total. The van der Waals surface area contributed by atoms with Crippen molar-refractivity contribution in [3.8, 4) is 0 Å². The molecule has 3 heteroatoms. The fourth-order valence-electron chi connectivity index (χ4n) is 1.50. The van der Waals surface area contributed by atoms with Crippen molar-refractivity contribution in [1.82, 2.24) is 5.32 Å². The Hall–Kier alpha value is -1.35. The van der Waals surface area contributed by atoms with Crippen LogP contribution in [-0.2, 0) is 5.41 Å². The third-order valence-corrected chi connectivity index (χ3v) is 2.22. The Morgan fingerprint density at radius 1 is 1.33 bits per heavy atom. The van der Waals surface area contributed by atoms with Crippen LogP contribution in [0.2, 0.25) is 0 Å². The predicted molar refractivity (Wildman–Crippen MR) is 59.7 cm³/mol. The number of amides is 1. The molecule has 0 aliphatic rings. The second-order valence-electron chi connectivity index (χ2n) is 4.46. The molecular weight excluding hydrogens is 190 g/mol. The van der Waals surface area contributed by atoms with Gasteiger partial charge in [0.05, 0.1) is 0 Å². The van der Waals surface area contributed by atoms with Gasteiger partial charge in [0.1, 0.15) is 6.73 Å². The maximum atomic E-state index is 11.6. The van der Waals surface area contributed by atoms with Gasteiger partial charge in [-0.15, -0.1) is 0 Å². The van der Waals surface area contributed by atoms with E-state index in [1.165, 1.54) is 0 Å². The van der Waals surface area contributed by atoms with Gasteiger partial charge in [-0.2, -0.15) is 0 Å². The van der Waals surface area contributed by atoms with E-state index >= 15 is 0 Å². The molecule has 82 valence electrons. The fraction of sp³-hybridized carbons (Fsp3) is 0.417. The summed E-state index contributed by atoms with van der Waals surface area (Å²) in [6.45, 7) is 5.82. The Morgan fingerprint density at radius 3 is 2.47 bits per heavy atom. The van der Waals surface area contributed by atoms with E-state index in [1.807, 2.05) is 18.2 Å². The van der Waals surface area contributed by atoms with Crippen LogP contribution in [0.3, 0.4) is 0 Å². The van der Waals surface area contributed by atoms with Crippen molar-refractivity contribution in [3.63, 3.8) is 0 Å². The lowest BCUT2D eigenvalue weighted by Crippen LogP contribution is -2.27. The lowest BCUT2D eigenvalue weighted by molar-refractivity contribution is 0.0908. The summed E-state index contributed by atoms with van der Waals surface area (Å²) in [6.07, 6.45) is 0. The first-order chi connectivity index (χ1) is 6.96. The van der Waals surface area contributed by atoms with Crippen LogP contribution in [0.1, 0.15) is 36.7 Å². The molecule has 0 radical (unpaired) electrons. The van der Waals surface area contributed by atoms with E-state index in [2.05, 4.69) is 26.1 Å². The second kappa shape index (κ2) is 4.45. The van der Waals surface area contributed by atoms with Gasteiger partial charge >= 0.3 is 0 Å². The van der Waals surface area contributed by atoms with Gasteiger partial charge in [0.2, 0.25) is 0 Å². The molecular formula is C12H17NO2. The van der Waals surface area contributed by atoms with Crippen molar-refractivity contribution in [3.05, 3.63) is 35.4 Å². The third kappa shape index (κ3) is 2.80. The molecule has 2 N–H and O–H groups in total. The summed E-state index contributed by atoms with van der Waals surface area (Å²) in [5.41, 5.74) is 1.53. The Bertz CT molecular complexity index is 353. The van der Waals surface area contributed by atoms with Crippen molar-refractivity contribution >= 4 is 5.91 Å². The van der Waals surface area contributed by atoms with Crippen LogP contribution in [-0.4, -0.2) is 17.7 Å². The minimum Gasteiger partial charge on any atom is -0.376 e. The molecule has 0 aliphatic carbocycles. The predicted octanol–water partition coefficient (Wildman–Crippen LogP) is 1.66. The van der Waals surface area contributed by atoms with Crippen molar-refractivity contribution in [1.29, 1.82) is 0 Å². The average molecular weight is 207 g/mol. The maximum Gasteiger partial charge on any atom is 0.253 e. The molecule has 1 aromatic rings. The van der Waals surface area contributed by atoms with E-state index in [9.17, 15) is 4.79 Å². The van der Waals surface area contributed by atoms with Crippen LogP contribution in [0.15, 0.2) is 24.3 Å². The van der Waals surface area contributed by atoms with Gasteiger partial charge in [-0.05, 0) is 17.0 Å². The molecule has 0 fully saturated rings. The van der Waals surface area contributed by atoms with Crippen LogP contribution >= 0.6 is 0 Å². The third-order valence-electron chi connectivity index (χ3n) is 2.22. The number of rotatable bonds is 2. The minimum atomic E-state index is -0.336. The number of nitrogens with one attached hydrogen (secondary N) is 1. The Labute approximate surface area is 90.1 Å². The minimum absolute atomic E-state index is 0.0800. The Morgan fingerprint density at radius 2 is 1.93 bits per heavy atom. The summed E-state index contributed by atoms with van der Waals surface area (Å²) in [6, 6.07) is 7.44. The van der Waals surface area contributed by atoms with E-state index in [0.29, 0.717) is 5.56 Å². The van der Waals surface area contributed by atoms with Crippen LogP contribution in [0, 0.1) is 0 Å². The highest BCUT2D eigenvalue weighted by Crippen LogP contribution is 2.25. The molecule has 0 aliphatic heterocycles. The van der Waals surface area contributed by atoms with Crippen molar-refractivity contribution in [2.75, 3.05) is 6.73 Å². The van der Waals surface area contributed by atoms with Gasteiger partial charge in [-0.3, -0.25) is 4.79 Å². The molecule has 0 saturated carbocycles. The van der Waals surface area contributed by atoms with Gasteiger partial charge in [0, 0.05) is 5.56 Å². The SMILES string of the molecule is CC(C)(C)c1ccccc1C(=O)NCO. The highest BCUT2D eigenvalue weighted by Gasteiger charge is 2.20. The summed E-state index contributed by atoms with van der Waals surface area (Å²) in [7, 11) is 0. The number of aliphatic hydroxyl groups is 1. The summed E-state index contributed by atoms with van der Waals surface area (Å²) < 4.78 is 0. The fourth-order valence-corrected chi connectivity index (χ4v) is 1.50. The smallest absolute Gasteiger partial charge is 0.253 e. The molecule has 1 amide bonds. The first-order valence-electron chi connectivity index (χ1n) is 4.95. The van der Waals surface area contributed by atoms with Gasteiger partial charge < -0.3 is 10.4 Å². The highest BCUT2D eigenvalue weighted by molar-refractivity contribution is 5.95. The molecule has 0 heterocycles. The molecule has 0 spiro atoms. The van der Waals surface area contributed by atoms with Crippen molar-refractivity contribution < 1.29 is 9.90 Å². The lowest BCUT2D eigenvalue weighted by atomic mass is 9.83. The number of hydrogen-bond acceptors (Lipinski definition) is 2. The van der Waals surface area contributed by atoms with Crippen molar-refractivity contribution in [2.24, 2.45) is 0 Å². The zero-order valence-corrected chi connectivity index (χ0v) is 9.37. The molecule has 0 atom stereocenters. The van der Waals surface area contributed by atoms with Gasteiger partial charge in [-0.1, -0.05) is 39.0 Å². The van der Waals surface area contributed by atoms with E-state index in [0.717, 1.165) is 5.56 Å². The summed E-state index contributed by atoms with van der Waals surface area (Å²) in [5, 5.41) is 11.1. The number of hydrogen-bond donors (Lipinski definition) is 2. The molecule has 0 aromatic heterocycles. The first kappa shape index (κ1) is 11.7. The number of aliphatic hydroxyl groups excluding tert-OH is 1. The van der Waals surface area contributed by atoms with Crippen LogP contribution in [0.25, 0.3) is 0 Å². The van der Waals surface area contributed by atoms with E-state index in [1.54, 1.807) is 6.07 Å². The lowest BCUT2D eigenvalue weighted by Gasteiger charge is -2.22. The highest BCUT2D eigenvalue weighted by atomic mass is 16.3. The summed E-state index contributed by atoms with van der Waals surface area (Å²) >= 11 is 0. The monoisotopic (exact) mass is 207 g/mol. The molecule has 0 unspecified atom stereocenters. The molecule has 1 rings (SSSR count). The molecule has 0 saturated heterocycles. The largest absolute Gasteiger partial charge is 0.376 e. The normalized spacial score (nSPS) is 11.2. The number of carbonyl (C=O) groups excluding carboxylic acids is 1. The van der Waals surface area contributed by atoms with Gasteiger partial charge in [-0.25, -0.2) is 0 Å².